The van der Waals surface area contributed by atoms with E-state index in [4.69, 9.17) is 5.73 Å². The minimum Gasteiger partial charge on any atom is -0.398 e. The Labute approximate surface area is 142 Å². The largest absolute Gasteiger partial charge is 0.398 e. The molecule has 0 bridgehead atoms. The molecule has 5 heteroatoms. The van der Waals surface area contributed by atoms with Crippen LogP contribution in [0.5, 0.6) is 0 Å². The first-order valence-electron chi connectivity index (χ1n) is 8.75. The van der Waals surface area contributed by atoms with Gasteiger partial charge in [0.25, 0.3) is 5.91 Å². The van der Waals surface area contributed by atoms with Gasteiger partial charge in [0, 0.05) is 44.5 Å². The van der Waals surface area contributed by atoms with E-state index in [1.807, 2.05) is 41.3 Å². The lowest BCUT2D eigenvalue weighted by atomic mass is 10.0. The zero-order valence-corrected chi connectivity index (χ0v) is 13.9. The molecule has 2 saturated heterocycles. The Morgan fingerprint density at radius 2 is 1.79 bits per heavy atom. The Morgan fingerprint density at radius 3 is 2.46 bits per heavy atom. The van der Waals surface area contributed by atoms with Crippen molar-refractivity contribution in [2.75, 3.05) is 45.0 Å². The van der Waals surface area contributed by atoms with Gasteiger partial charge >= 0.3 is 0 Å². The first-order valence-corrected chi connectivity index (χ1v) is 8.75. The number of hydrogen-bond donors (Lipinski definition) is 2. The van der Waals surface area contributed by atoms with Gasteiger partial charge in [0.2, 0.25) is 0 Å². The Balaban J connectivity index is 1.49. The molecular formula is C19H24N4O. The van der Waals surface area contributed by atoms with Crippen LogP contribution in [0.15, 0.2) is 36.4 Å². The second-order valence-corrected chi connectivity index (χ2v) is 6.76. The SMILES string of the molecule is Nc1cc2ccccc2cc1C(=O)N1CCN(C2CCNC2)CC1. The maximum atomic E-state index is 12.9. The normalized spacial score (nSPS) is 22.2. The van der Waals surface area contributed by atoms with Gasteiger partial charge in [-0.15, -0.1) is 0 Å². The van der Waals surface area contributed by atoms with Gasteiger partial charge in [0.15, 0.2) is 0 Å². The van der Waals surface area contributed by atoms with Crippen molar-refractivity contribution in [2.24, 2.45) is 0 Å². The number of carbonyl (C=O) groups excluding carboxylic acids is 1. The summed E-state index contributed by atoms with van der Waals surface area (Å²) in [7, 11) is 0. The highest BCUT2D eigenvalue weighted by atomic mass is 16.2. The van der Waals surface area contributed by atoms with Crippen LogP contribution in [0.3, 0.4) is 0 Å². The number of benzene rings is 2. The molecule has 1 amide bonds. The molecule has 1 atom stereocenters. The average molecular weight is 324 g/mol. The molecule has 2 aromatic carbocycles. The predicted octanol–water partition coefficient (Wildman–Crippen LogP) is 1.54. The van der Waals surface area contributed by atoms with E-state index >= 15 is 0 Å². The fourth-order valence-electron chi connectivity index (χ4n) is 3.85. The first-order chi connectivity index (χ1) is 11.7. The quantitative estimate of drug-likeness (QED) is 0.823. The lowest BCUT2D eigenvalue weighted by Crippen LogP contribution is -2.52. The molecule has 0 aliphatic carbocycles. The third-order valence-corrected chi connectivity index (χ3v) is 5.30. The van der Waals surface area contributed by atoms with Crippen molar-refractivity contribution in [1.82, 2.24) is 15.1 Å². The molecule has 0 aromatic heterocycles. The molecule has 126 valence electrons. The number of hydrogen-bond acceptors (Lipinski definition) is 4. The summed E-state index contributed by atoms with van der Waals surface area (Å²) in [5, 5.41) is 5.55. The molecule has 2 aromatic rings. The second kappa shape index (κ2) is 6.42. The highest BCUT2D eigenvalue weighted by molar-refractivity contribution is 6.04. The molecule has 2 aliphatic heterocycles. The number of nitrogens with two attached hydrogens (primary N) is 1. The summed E-state index contributed by atoms with van der Waals surface area (Å²) in [4.78, 5) is 17.4. The number of amides is 1. The van der Waals surface area contributed by atoms with Crippen LogP contribution < -0.4 is 11.1 Å². The van der Waals surface area contributed by atoms with E-state index in [9.17, 15) is 4.79 Å². The smallest absolute Gasteiger partial charge is 0.256 e. The number of carbonyl (C=O) groups is 1. The number of nitrogens with zero attached hydrogens (tertiary/aromatic N) is 2. The van der Waals surface area contributed by atoms with Gasteiger partial charge in [-0.2, -0.15) is 0 Å². The van der Waals surface area contributed by atoms with E-state index < -0.39 is 0 Å². The molecule has 24 heavy (non-hydrogen) atoms. The lowest BCUT2D eigenvalue weighted by Gasteiger charge is -2.38. The van der Waals surface area contributed by atoms with Crippen LogP contribution in [0.25, 0.3) is 10.8 Å². The molecule has 5 nitrogen and oxygen atoms in total. The fourth-order valence-corrected chi connectivity index (χ4v) is 3.85. The Kier molecular flexibility index (Phi) is 4.12. The third kappa shape index (κ3) is 2.85. The van der Waals surface area contributed by atoms with Crippen molar-refractivity contribution in [3.8, 4) is 0 Å². The van der Waals surface area contributed by atoms with Crippen LogP contribution >= 0.6 is 0 Å². The molecule has 0 spiro atoms. The van der Waals surface area contributed by atoms with Gasteiger partial charge in [0.05, 0.1) is 5.56 Å². The molecule has 2 aliphatic rings. The predicted molar refractivity (Wildman–Crippen MR) is 97.1 cm³/mol. The summed E-state index contributed by atoms with van der Waals surface area (Å²) in [6, 6.07) is 12.5. The molecule has 0 radical (unpaired) electrons. The van der Waals surface area contributed by atoms with Crippen molar-refractivity contribution in [3.63, 3.8) is 0 Å². The number of fused-ring (bicyclic) bond motifs is 1. The van der Waals surface area contributed by atoms with Gasteiger partial charge in [-0.05, 0) is 35.9 Å². The summed E-state index contributed by atoms with van der Waals surface area (Å²) in [6.07, 6.45) is 1.21. The van der Waals surface area contributed by atoms with Gasteiger partial charge in [-0.25, -0.2) is 0 Å². The molecule has 3 N–H and O–H groups in total. The van der Waals surface area contributed by atoms with Crippen molar-refractivity contribution in [2.45, 2.75) is 12.5 Å². The van der Waals surface area contributed by atoms with Crippen LogP contribution in [0.1, 0.15) is 16.8 Å². The minimum absolute atomic E-state index is 0.0578. The van der Waals surface area contributed by atoms with Gasteiger partial charge in [0.1, 0.15) is 0 Å². The molecule has 0 saturated carbocycles. The van der Waals surface area contributed by atoms with Crippen molar-refractivity contribution >= 4 is 22.4 Å². The molecule has 1 unspecified atom stereocenters. The van der Waals surface area contributed by atoms with E-state index in [0.29, 0.717) is 17.3 Å². The molecular weight excluding hydrogens is 300 g/mol. The Morgan fingerprint density at radius 1 is 1.08 bits per heavy atom. The zero-order chi connectivity index (χ0) is 16.5. The van der Waals surface area contributed by atoms with Crippen LogP contribution in [-0.4, -0.2) is 61.0 Å². The highest BCUT2D eigenvalue weighted by Crippen LogP contribution is 2.24. The fraction of sp³-hybridized carbons (Fsp3) is 0.421. The lowest BCUT2D eigenvalue weighted by molar-refractivity contribution is 0.0585. The van der Waals surface area contributed by atoms with Crippen LogP contribution in [-0.2, 0) is 0 Å². The number of nitrogen functional groups attached to an aromatic ring is 1. The highest BCUT2D eigenvalue weighted by Gasteiger charge is 2.28. The number of nitrogens with one attached hydrogen (secondary N) is 1. The maximum Gasteiger partial charge on any atom is 0.256 e. The third-order valence-electron chi connectivity index (χ3n) is 5.30. The van der Waals surface area contributed by atoms with Crippen LogP contribution in [0, 0.1) is 0 Å². The minimum atomic E-state index is 0.0578. The summed E-state index contributed by atoms with van der Waals surface area (Å²) >= 11 is 0. The monoisotopic (exact) mass is 324 g/mol. The zero-order valence-electron chi connectivity index (χ0n) is 13.9. The van der Waals surface area contributed by atoms with Gasteiger partial charge < -0.3 is 16.0 Å². The number of anilines is 1. The Bertz CT molecular complexity index is 746. The van der Waals surface area contributed by atoms with E-state index in [2.05, 4.69) is 10.2 Å². The van der Waals surface area contributed by atoms with E-state index in [0.717, 1.165) is 50.0 Å². The van der Waals surface area contributed by atoms with Gasteiger partial charge in [-0.1, -0.05) is 24.3 Å². The summed E-state index contributed by atoms with van der Waals surface area (Å²) in [6.45, 7) is 5.64. The molecule has 4 rings (SSSR count). The average Bonchev–Trinajstić information content (AvgIpc) is 3.15. The topological polar surface area (TPSA) is 61.6 Å². The van der Waals surface area contributed by atoms with Crippen molar-refractivity contribution in [3.05, 3.63) is 42.0 Å². The van der Waals surface area contributed by atoms with E-state index in [1.165, 1.54) is 6.42 Å². The first kappa shape index (κ1) is 15.4. The Hall–Kier alpha value is -2.11. The standard InChI is InChI=1S/C19H24N4O/c20-18-12-15-4-2-1-3-14(15)11-17(18)19(24)23-9-7-22(8-10-23)16-5-6-21-13-16/h1-4,11-12,16,21H,5-10,13,20H2. The van der Waals surface area contributed by atoms with Gasteiger partial charge in [-0.3, -0.25) is 9.69 Å². The van der Waals surface area contributed by atoms with E-state index in [1.54, 1.807) is 0 Å². The number of piperazine rings is 1. The molecule has 2 heterocycles. The number of rotatable bonds is 2. The second-order valence-electron chi connectivity index (χ2n) is 6.76. The summed E-state index contributed by atoms with van der Waals surface area (Å²) in [5.74, 6) is 0.0578. The van der Waals surface area contributed by atoms with Crippen molar-refractivity contribution in [1.29, 1.82) is 0 Å². The van der Waals surface area contributed by atoms with Crippen LogP contribution in [0.2, 0.25) is 0 Å². The van der Waals surface area contributed by atoms with Crippen molar-refractivity contribution < 1.29 is 4.79 Å². The van der Waals surface area contributed by atoms with E-state index in [-0.39, 0.29) is 5.91 Å². The maximum absolute atomic E-state index is 12.9. The summed E-state index contributed by atoms with van der Waals surface area (Å²) in [5.41, 5.74) is 7.35. The summed E-state index contributed by atoms with van der Waals surface area (Å²) < 4.78 is 0. The molecule has 2 fully saturated rings. The van der Waals surface area contributed by atoms with Crippen LogP contribution in [0.4, 0.5) is 5.69 Å².